The van der Waals surface area contributed by atoms with Gasteiger partial charge in [0.2, 0.25) is 5.91 Å². The fourth-order valence-electron chi connectivity index (χ4n) is 2.66. The molecule has 0 aliphatic carbocycles. The van der Waals surface area contributed by atoms with E-state index in [0.717, 1.165) is 11.3 Å². The van der Waals surface area contributed by atoms with Gasteiger partial charge < -0.3 is 10.0 Å². The molecule has 23 heavy (non-hydrogen) atoms. The third kappa shape index (κ3) is 3.90. The molecule has 6 nitrogen and oxygen atoms in total. The number of carbonyl (C=O) groups is 2. The zero-order valence-electron chi connectivity index (χ0n) is 12.5. The van der Waals surface area contributed by atoms with Crippen molar-refractivity contribution >= 4 is 24.3 Å². The number of hydrogen-bond donors (Lipinski definition) is 1. The van der Waals surface area contributed by atoms with Gasteiger partial charge in [-0.25, -0.2) is 4.68 Å². The normalized spacial score (nSPS) is 16.9. The van der Waals surface area contributed by atoms with Crippen LogP contribution in [0, 0.1) is 5.92 Å². The monoisotopic (exact) mass is 335 g/mol. The summed E-state index contributed by atoms with van der Waals surface area (Å²) in [6.45, 7) is 0.848. The van der Waals surface area contributed by atoms with Gasteiger partial charge in [0, 0.05) is 25.5 Å². The number of halogens is 1. The van der Waals surface area contributed by atoms with Crippen molar-refractivity contribution < 1.29 is 14.7 Å². The Kier molecular flexibility index (Phi) is 5.39. The van der Waals surface area contributed by atoms with Crippen LogP contribution in [0.5, 0.6) is 0 Å². The molecule has 1 unspecified atom stereocenters. The van der Waals surface area contributed by atoms with Gasteiger partial charge in [0.25, 0.3) is 0 Å². The van der Waals surface area contributed by atoms with Crippen molar-refractivity contribution in [2.45, 2.75) is 12.8 Å². The smallest absolute Gasteiger partial charge is 0.308 e. The third-order valence-electron chi connectivity index (χ3n) is 3.95. The molecule has 0 spiro atoms. The molecule has 1 aliphatic heterocycles. The topological polar surface area (TPSA) is 75.4 Å². The summed E-state index contributed by atoms with van der Waals surface area (Å²) in [5.74, 6) is -1.26. The van der Waals surface area contributed by atoms with Gasteiger partial charge in [-0.1, -0.05) is 12.1 Å². The summed E-state index contributed by atoms with van der Waals surface area (Å²) >= 11 is 0. The molecular formula is C16H18ClN3O3. The van der Waals surface area contributed by atoms with Crippen molar-refractivity contribution in [1.82, 2.24) is 14.7 Å². The lowest BCUT2D eigenvalue weighted by atomic mass is 10.1. The second kappa shape index (κ2) is 7.28. The van der Waals surface area contributed by atoms with Crippen LogP contribution in [-0.2, 0) is 16.0 Å². The Morgan fingerprint density at radius 1 is 1.26 bits per heavy atom. The lowest BCUT2D eigenvalue weighted by Gasteiger charge is -2.15. The van der Waals surface area contributed by atoms with Crippen LogP contribution < -0.4 is 0 Å². The lowest BCUT2D eigenvalue weighted by Crippen LogP contribution is -2.31. The highest BCUT2D eigenvalue weighted by Crippen LogP contribution is 2.18. The molecule has 1 N–H and O–H groups in total. The van der Waals surface area contributed by atoms with Gasteiger partial charge in [-0.2, -0.15) is 5.10 Å². The van der Waals surface area contributed by atoms with Gasteiger partial charge in [-0.3, -0.25) is 9.59 Å². The first-order chi connectivity index (χ1) is 10.6. The first-order valence-corrected chi connectivity index (χ1v) is 7.23. The Hall–Kier alpha value is -2.34. The Labute approximate surface area is 140 Å². The summed E-state index contributed by atoms with van der Waals surface area (Å²) in [7, 11) is 0. The molecule has 3 rings (SSSR count). The van der Waals surface area contributed by atoms with E-state index < -0.39 is 11.9 Å². The number of carbonyl (C=O) groups excluding carboxylic acids is 1. The summed E-state index contributed by atoms with van der Waals surface area (Å²) in [4.78, 5) is 24.8. The van der Waals surface area contributed by atoms with Crippen LogP contribution in [-0.4, -0.2) is 44.8 Å². The largest absolute Gasteiger partial charge is 0.481 e. The zero-order valence-corrected chi connectivity index (χ0v) is 13.3. The first-order valence-electron chi connectivity index (χ1n) is 7.23. The van der Waals surface area contributed by atoms with E-state index in [-0.39, 0.29) is 18.3 Å². The number of rotatable bonds is 4. The Bertz CT molecular complexity index is 670. The van der Waals surface area contributed by atoms with Gasteiger partial charge in [0.05, 0.1) is 18.0 Å². The predicted molar refractivity (Wildman–Crippen MR) is 86.8 cm³/mol. The molecule has 0 bridgehead atoms. The number of aliphatic carboxylic acids is 1. The molecule has 1 atom stereocenters. The van der Waals surface area contributed by atoms with E-state index in [0.29, 0.717) is 25.9 Å². The second-order valence-electron chi connectivity index (χ2n) is 5.46. The number of aromatic nitrogens is 2. The number of hydrogen-bond acceptors (Lipinski definition) is 3. The molecule has 2 heterocycles. The van der Waals surface area contributed by atoms with Gasteiger partial charge in [-0.05, 0) is 30.2 Å². The molecule has 0 radical (unpaired) electrons. The van der Waals surface area contributed by atoms with Crippen molar-refractivity contribution in [1.29, 1.82) is 0 Å². The van der Waals surface area contributed by atoms with E-state index in [1.165, 1.54) is 0 Å². The summed E-state index contributed by atoms with van der Waals surface area (Å²) in [6, 6.07) is 9.49. The number of nitrogens with zero attached hydrogens (tertiary/aromatic N) is 3. The fourth-order valence-corrected chi connectivity index (χ4v) is 2.66. The molecule has 7 heteroatoms. The third-order valence-corrected chi connectivity index (χ3v) is 3.95. The van der Waals surface area contributed by atoms with E-state index >= 15 is 0 Å². The van der Waals surface area contributed by atoms with Crippen LogP contribution in [0.1, 0.15) is 12.0 Å². The van der Waals surface area contributed by atoms with E-state index in [1.54, 1.807) is 15.8 Å². The van der Waals surface area contributed by atoms with Crippen molar-refractivity contribution in [2.75, 3.05) is 13.1 Å². The number of carboxylic acid groups (broad SMARTS) is 1. The van der Waals surface area contributed by atoms with Crippen LogP contribution in [0.2, 0.25) is 0 Å². The number of amides is 1. The highest BCUT2D eigenvalue weighted by Gasteiger charge is 2.30. The van der Waals surface area contributed by atoms with Crippen molar-refractivity contribution in [3.8, 4) is 5.69 Å². The minimum atomic E-state index is -0.820. The average Bonchev–Trinajstić information content (AvgIpc) is 3.20. The molecular weight excluding hydrogens is 318 g/mol. The van der Waals surface area contributed by atoms with Gasteiger partial charge >= 0.3 is 5.97 Å². The number of likely N-dealkylation sites (tertiary alicyclic amines) is 1. The highest BCUT2D eigenvalue weighted by atomic mass is 35.5. The summed E-state index contributed by atoms with van der Waals surface area (Å²) < 4.78 is 1.75. The standard InChI is InChI=1S/C16H17N3O3.ClH/c20-15(18-9-6-13(11-18)16(21)22)10-12-2-4-14(5-3-12)19-8-1-7-17-19;/h1-5,7-8,13H,6,9-11H2,(H,21,22);1H. The second-order valence-corrected chi connectivity index (χ2v) is 5.46. The fraction of sp³-hybridized carbons (Fsp3) is 0.312. The van der Waals surface area contributed by atoms with E-state index in [4.69, 9.17) is 5.11 Å². The number of benzene rings is 1. The first kappa shape index (κ1) is 17.0. The molecule has 1 fully saturated rings. The van der Waals surface area contributed by atoms with E-state index in [9.17, 15) is 9.59 Å². The maximum absolute atomic E-state index is 12.2. The van der Waals surface area contributed by atoms with Crippen LogP contribution >= 0.6 is 12.4 Å². The molecule has 1 amide bonds. The zero-order chi connectivity index (χ0) is 15.5. The van der Waals surface area contributed by atoms with Crippen molar-refractivity contribution in [3.05, 3.63) is 48.3 Å². The van der Waals surface area contributed by atoms with E-state index in [1.807, 2.05) is 36.5 Å². The molecule has 1 saturated heterocycles. The molecule has 1 aromatic carbocycles. The Morgan fingerprint density at radius 3 is 2.57 bits per heavy atom. The molecule has 1 aromatic heterocycles. The van der Waals surface area contributed by atoms with Crippen molar-refractivity contribution in [3.63, 3.8) is 0 Å². The highest BCUT2D eigenvalue weighted by molar-refractivity contribution is 5.85. The molecule has 1 aliphatic rings. The van der Waals surface area contributed by atoms with Crippen LogP contribution in [0.15, 0.2) is 42.7 Å². The quantitative estimate of drug-likeness (QED) is 0.924. The van der Waals surface area contributed by atoms with Gasteiger partial charge in [0.15, 0.2) is 0 Å². The minimum absolute atomic E-state index is 0. The van der Waals surface area contributed by atoms with Crippen molar-refractivity contribution in [2.24, 2.45) is 5.92 Å². The van der Waals surface area contributed by atoms with Crippen LogP contribution in [0.25, 0.3) is 5.69 Å². The molecule has 2 aromatic rings. The molecule has 122 valence electrons. The minimum Gasteiger partial charge on any atom is -0.481 e. The predicted octanol–water partition coefficient (Wildman–Crippen LogP) is 1.77. The maximum Gasteiger partial charge on any atom is 0.308 e. The van der Waals surface area contributed by atoms with Gasteiger partial charge in [-0.15, -0.1) is 12.4 Å². The summed E-state index contributed by atoms with van der Waals surface area (Å²) in [5.41, 5.74) is 1.85. The summed E-state index contributed by atoms with van der Waals surface area (Å²) in [5, 5.41) is 13.1. The van der Waals surface area contributed by atoms with Gasteiger partial charge in [0.1, 0.15) is 0 Å². The Morgan fingerprint density at radius 2 is 2.00 bits per heavy atom. The summed E-state index contributed by atoms with van der Waals surface area (Å²) in [6.07, 6.45) is 4.41. The van der Waals surface area contributed by atoms with Crippen LogP contribution in [0.3, 0.4) is 0 Å². The van der Waals surface area contributed by atoms with Crippen LogP contribution in [0.4, 0.5) is 0 Å². The lowest BCUT2D eigenvalue weighted by molar-refractivity contribution is -0.141. The van der Waals surface area contributed by atoms with E-state index in [2.05, 4.69) is 5.10 Å². The molecule has 0 saturated carbocycles. The Balaban J connectivity index is 0.00000192. The maximum atomic E-state index is 12.2. The number of carboxylic acids is 1. The SMILES string of the molecule is Cl.O=C(O)C1CCN(C(=O)Cc2ccc(-n3cccn3)cc2)C1. The average molecular weight is 336 g/mol.